The highest BCUT2D eigenvalue weighted by atomic mass is 16.5. The molecule has 0 radical (unpaired) electrons. The van der Waals surface area contributed by atoms with Crippen LogP contribution in [0, 0.1) is 0 Å². The average molecular weight is 399 g/mol. The maximum absolute atomic E-state index is 6.01. The smallest absolute Gasteiger partial charge is 0.119 e. The van der Waals surface area contributed by atoms with Crippen LogP contribution in [-0.2, 0) is 6.42 Å². The standard InChI is InChI=1S/C25H38N2O2/c1-26(2,3)13-7-15-28-22-9-11-24-20(18-22)17-21-19-23(10-12-25(21)24)29-16-8-14-27(4,5)6/h9-12,18-19H,7-8,13-17H2,1-6H3/q+2. The predicted octanol–water partition coefficient (Wildman–Crippen LogP) is 4.21. The Hall–Kier alpha value is -2.04. The minimum Gasteiger partial charge on any atom is -0.493 e. The molecule has 0 aromatic heterocycles. The molecule has 0 spiro atoms. The van der Waals surface area contributed by atoms with Crippen LogP contribution in [-0.4, -0.2) is 77.6 Å². The van der Waals surface area contributed by atoms with Gasteiger partial charge in [0, 0.05) is 12.8 Å². The lowest BCUT2D eigenvalue weighted by atomic mass is 10.1. The first-order valence-corrected chi connectivity index (χ1v) is 10.7. The maximum atomic E-state index is 6.01. The van der Waals surface area contributed by atoms with Crippen molar-refractivity contribution in [2.24, 2.45) is 0 Å². The predicted molar refractivity (Wildman–Crippen MR) is 121 cm³/mol. The molecule has 2 aromatic rings. The van der Waals surface area contributed by atoms with Crippen LogP contribution in [0.1, 0.15) is 24.0 Å². The van der Waals surface area contributed by atoms with E-state index in [1.165, 1.54) is 22.3 Å². The summed E-state index contributed by atoms with van der Waals surface area (Å²) >= 11 is 0. The number of ether oxygens (including phenoxy) is 2. The molecule has 0 amide bonds. The van der Waals surface area contributed by atoms with E-state index in [9.17, 15) is 0 Å². The topological polar surface area (TPSA) is 18.5 Å². The van der Waals surface area contributed by atoms with Crippen LogP contribution >= 0.6 is 0 Å². The monoisotopic (exact) mass is 398 g/mol. The first-order valence-electron chi connectivity index (χ1n) is 10.7. The zero-order valence-electron chi connectivity index (χ0n) is 19.1. The van der Waals surface area contributed by atoms with E-state index in [0.717, 1.165) is 66.0 Å². The highest BCUT2D eigenvalue weighted by Gasteiger charge is 2.20. The van der Waals surface area contributed by atoms with Crippen molar-refractivity contribution in [3.8, 4) is 22.6 Å². The van der Waals surface area contributed by atoms with Crippen LogP contribution in [0.15, 0.2) is 36.4 Å². The zero-order chi connectivity index (χ0) is 21.1. The van der Waals surface area contributed by atoms with Gasteiger partial charge in [0.05, 0.1) is 68.6 Å². The summed E-state index contributed by atoms with van der Waals surface area (Å²) in [5.74, 6) is 1.96. The van der Waals surface area contributed by atoms with Crippen LogP contribution in [0.25, 0.3) is 11.1 Å². The number of rotatable bonds is 10. The first kappa shape index (κ1) is 21.7. The number of quaternary nitrogens is 2. The first-order chi connectivity index (χ1) is 13.6. The average Bonchev–Trinajstić information content (AvgIpc) is 2.97. The van der Waals surface area contributed by atoms with E-state index in [4.69, 9.17) is 9.47 Å². The number of hydrogen-bond donors (Lipinski definition) is 0. The highest BCUT2D eigenvalue weighted by molar-refractivity contribution is 5.78. The van der Waals surface area contributed by atoms with Crippen molar-refractivity contribution >= 4 is 0 Å². The van der Waals surface area contributed by atoms with E-state index in [-0.39, 0.29) is 0 Å². The normalized spacial score (nSPS) is 13.2. The van der Waals surface area contributed by atoms with Crippen molar-refractivity contribution in [2.45, 2.75) is 19.3 Å². The SMILES string of the molecule is C[N+](C)(C)CCCOc1ccc2c(c1)Cc1cc(OCCC[N+](C)(C)C)ccc1-2. The van der Waals surface area contributed by atoms with Gasteiger partial charge >= 0.3 is 0 Å². The second-order valence-electron chi connectivity index (χ2n) is 10.2. The minimum atomic E-state index is 0.770. The Bertz CT molecular complexity index is 762. The van der Waals surface area contributed by atoms with Crippen molar-refractivity contribution in [2.75, 3.05) is 68.6 Å². The van der Waals surface area contributed by atoms with Crippen molar-refractivity contribution < 1.29 is 18.4 Å². The molecule has 2 aromatic carbocycles. The number of hydrogen-bond acceptors (Lipinski definition) is 2. The molecule has 1 aliphatic rings. The number of nitrogens with zero attached hydrogens (tertiary/aromatic N) is 2. The Labute approximate surface area is 176 Å². The Balaban J connectivity index is 1.56. The molecule has 0 N–H and O–H groups in total. The molecule has 0 saturated carbocycles. The molecule has 0 saturated heterocycles. The molecule has 29 heavy (non-hydrogen) atoms. The molecule has 0 atom stereocenters. The quantitative estimate of drug-likeness (QED) is 0.376. The fraction of sp³-hybridized carbons (Fsp3) is 0.520. The van der Waals surface area contributed by atoms with Gasteiger partial charge in [-0.1, -0.05) is 12.1 Å². The number of fused-ring (bicyclic) bond motifs is 3. The summed E-state index contributed by atoms with van der Waals surface area (Å²) in [4.78, 5) is 0. The van der Waals surface area contributed by atoms with Crippen LogP contribution in [0.4, 0.5) is 0 Å². The number of benzene rings is 2. The van der Waals surface area contributed by atoms with Crippen LogP contribution in [0.5, 0.6) is 11.5 Å². The lowest BCUT2D eigenvalue weighted by Crippen LogP contribution is -2.36. The van der Waals surface area contributed by atoms with Gasteiger partial charge in [-0.15, -0.1) is 0 Å². The Morgan fingerprint density at radius 3 is 1.45 bits per heavy atom. The molecule has 0 bridgehead atoms. The summed E-state index contributed by atoms with van der Waals surface area (Å²) in [6, 6.07) is 13.0. The summed E-state index contributed by atoms with van der Waals surface area (Å²) in [6.07, 6.45) is 3.09. The summed E-state index contributed by atoms with van der Waals surface area (Å²) in [5.41, 5.74) is 5.36. The lowest BCUT2D eigenvalue weighted by Gasteiger charge is -2.23. The van der Waals surface area contributed by atoms with E-state index < -0.39 is 0 Å². The van der Waals surface area contributed by atoms with Gasteiger partial charge in [0.1, 0.15) is 11.5 Å². The fourth-order valence-electron chi connectivity index (χ4n) is 3.80. The molecule has 0 aliphatic heterocycles. The molecular formula is C25H38N2O2+2. The zero-order valence-corrected chi connectivity index (χ0v) is 19.1. The van der Waals surface area contributed by atoms with E-state index >= 15 is 0 Å². The largest absolute Gasteiger partial charge is 0.493 e. The molecule has 4 heteroatoms. The molecule has 4 nitrogen and oxygen atoms in total. The second kappa shape index (κ2) is 8.76. The van der Waals surface area contributed by atoms with Gasteiger partial charge in [-0.25, -0.2) is 0 Å². The van der Waals surface area contributed by atoms with Gasteiger partial charge in [0.2, 0.25) is 0 Å². The van der Waals surface area contributed by atoms with Crippen molar-refractivity contribution in [3.05, 3.63) is 47.5 Å². The third-order valence-corrected chi connectivity index (χ3v) is 5.31. The van der Waals surface area contributed by atoms with Crippen molar-refractivity contribution in [1.29, 1.82) is 0 Å². The summed E-state index contributed by atoms with van der Waals surface area (Å²) in [6.45, 7) is 3.78. The van der Waals surface area contributed by atoms with E-state index in [0.29, 0.717) is 0 Å². The van der Waals surface area contributed by atoms with Crippen LogP contribution in [0.3, 0.4) is 0 Å². The molecule has 3 rings (SSSR count). The Morgan fingerprint density at radius 1 is 0.655 bits per heavy atom. The summed E-state index contributed by atoms with van der Waals surface area (Å²) in [7, 11) is 13.3. The van der Waals surface area contributed by atoms with Gasteiger partial charge < -0.3 is 18.4 Å². The maximum Gasteiger partial charge on any atom is 0.119 e. The highest BCUT2D eigenvalue weighted by Crippen LogP contribution is 2.39. The van der Waals surface area contributed by atoms with Gasteiger partial charge in [-0.3, -0.25) is 0 Å². The fourth-order valence-corrected chi connectivity index (χ4v) is 3.80. The van der Waals surface area contributed by atoms with E-state index in [1.807, 2.05) is 0 Å². The van der Waals surface area contributed by atoms with Crippen LogP contribution in [0.2, 0.25) is 0 Å². The molecular weight excluding hydrogens is 360 g/mol. The molecule has 0 unspecified atom stereocenters. The molecule has 1 aliphatic carbocycles. The van der Waals surface area contributed by atoms with Gasteiger partial charge in [-0.05, 0) is 52.9 Å². The van der Waals surface area contributed by atoms with Gasteiger partial charge in [0.25, 0.3) is 0 Å². The third-order valence-electron chi connectivity index (χ3n) is 5.31. The Kier molecular flexibility index (Phi) is 6.55. The summed E-state index contributed by atoms with van der Waals surface area (Å²) < 4.78 is 14.0. The van der Waals surface area contributed by atoms with E-state index in [1.54, 1.807) is 0 Å². The van der Waals surface area contributed by atoms with Crippen molar-refractivity contribution in [1.82, 2.24) is 0 Å². The Morgan fingerprint density at radius 2 is 1.07 bits per heavy atom. The third kappa shape index (κ3) is 6.48. The van der Waals surface area contributed by atoms with Crippen LogP contribution < -0.4 is 9.47 Å². The second-order valence-corrected chi connectivity index (χ2v) is 10.2. The summed E-state index contributed by atoms with van der Waals surface area (Å²) in [5, 5.41) is 0. The molecule has 158 valence electrons. The van der Waals surface area contributed by atoms with E-state index in [2.05, 4.69) is 78.7 Å². The van der Waals surface area contributed by atoms with Gasteiger partial charge in [-0.2, -0.15) is 0 Å². The lowest BCUT2D eigenvalue weighted by molar-refractivity contribution is -0.870. The molecule has 0 heterocycles. The van der Waals surface area contributed by atoms with Gasteiger partial charge in [0.15, 0.2) is 0 Å². The molecule has 0 fully saturated rings. The van der Waals surface area contributed by atoms with Crippen molar-refractivity contribution in [3.63, 3.8) is 0 Å². The minimum absolute atomic E-state index is 0.770.